The van der Waals surface area contributed by atoms with Crippen LogP contribution < -0.4 is 0 Å². The molecule has 4 aromatic carbocycles. The van der Waals surface area contributed by atoms with E-state index in [1.165, 1.54) is 65.1 Å². The molecule has 2 nitrogen and oxygen atoms in total. The van der Waals surface area contributed by atoms with Gasteiger partial charge in [0, 0.05) is 29.4 Å². The maximum atomic E-state index is 12.9. The van der Waals surface area contributed by atoms with Crippen molar-refractivity contribution in [2.75, 3.05) is 0 Å². The lowest BCUT2D eigenvalue weighted by Crippen LogP contribution is -2.00. The summed E-state index contributed by atoms with van der Waals surface area (Å²) in [6.07, 6.45) is 8.90. The number of rotatable bonds is 10. The van der Waals surface area contributed by atoms with Crippen LogP contribution in [0.2, 0.25) is 0 Å². The van der Waals surface area contributed by atoms with E-state index in [1.807, 2.05) is 42.5 Å². The van der Waals surface area contributed by atoms with Crippen molar-refractivity contribution in [1.82, 2.24) is 4.57 Å². The molecule has 4 unspecified atom stereocenters. The van der Waals surface area contributed by atoms with Gasteiger partial charge in [-0.15, -0.1) is 0 Å². The Morgan fingerprint density at radius 3 is 2.12 bits per heavy atom. The third kappa shape index (κ3) is 5.04. The Hall–Kier alpha value is -3.91. The predicted octanol–water partition coefficient (Wildman–Crippen LogP) is 9.68. The van der Waals surface area contributed by atoms with E-state index in [0.717, 1.165) is 40.8 Å². The first-order valence-electron chi connectivity index (χ1n) is 14.9. The van der Waals surface area contributed by atoms with E-state index in [4.69, 9.17) is 0 Å². The van der Waals surface area contributed by atoms with Crippen LogP contribution in [0.1, 0.15) is 77.9 Å². The summed E-state index contributed by atoms with van der Waals surface area (Å²) in [5.74, 6) is 3.22. The quantitative estimate of drug-likeness (QED) is 0.132. The Morgan fingerprint density at radius 1 is 0.750 bits per heavy atom. The van der Waals surface area contributed by atoms with E-state index < -0.39 is 0 Å². The first kappa shape index (κ1) is 25.1. The van der Waals surface area contributed by atoms with E-state index in [2.05, 4.69) is 72.8 Å². The van der Waals surface area contributed by atoms with Crippen molar-refractivity contribution in [3.8, 4) is 0 Å². The maximum absolute atomic E-state index is 12.9. The number of fused-ring (bicyclic) bond motifs is 2. The van der Waals surface area contributed by atoms with E-state index in [0.29, 0.717) is 5.92 Å². The molecule has 0 N–H and O–H groups in total. The monoisotopic (exact) mass is 523 g/mol. The summed E-state index contributed by atoms with van der Waals surface area (Å²) in [5, 5.41) is 3.71. The lowest BCUT2D eigenvalue weighted by Gasteiger charge is -2.07. The van der Waals surface area contributed by atoms with Gasteiger partial charge < -0.3 is 4.57 Å². The van der Waals surface area contributed by atoms with Crippen LogP contribution in [0.25, 0.3) is 21.7 Å². The van der Waals surface area contributed by atoms with Gasteiger partial charge in [-0.05, 0) is 102 Å². The van der Waals surface area contributed by atoms with Crippen LogP contribution in [-0.4, -0.2) is 10.4 Å². The Morgan fingerprint density at radius 2 is 1.40 bits per heavy atom. The van der Waals surface area contributed by atoms with Crippen molar-refractivity contribution in [2.45, 2.75) is 57.4 Å². The first-order valence-corrected chi connectivity index (χ1v) is 14.9. The number of benzene rings is 4. The number of carbonyl (C=O) groups excluding carboxylic acids is 1. The van der Waals surface area contributed by atoms with E-state index >= 15 is 0 Å². The Balaban J connectivity index is 0.928. The third-order valence-corrected chi connectivity index (χ3v) is 9.25. The van der Waals surface area contributed by atoms with Gasteiger partial charge in [0.15, 0.2) is 5.78 Å². The van der Waals surface area contributed by atoms with Crippen molar-refractivity contribution >= 4 is 27.5 Å². The zero-order chi connectivity index (χ0) is 27.2. The largest absolute Gasteiger partial charge is 0.343 e. The Kier molecular flexibility index (Phi) is 6.42. The van der Waals surface area contributed by atoms with Crippen LogP contribution in [0, 0.1) is 11.8 Å². The molecule has 2 heteroatoms. The fraction of sp³-hybridized carbons (Fsp3) is 0.289. The SMILES string of the molecule is C=C(C)Cn1ccc2ccc(C3CC3CCCC3CC3c3ccc4cc(C(=O)c5ccccc5)ccc4c3)cc21. The molecular weight excluding hydrogens is 486 g/mol. The molecular formula is C38H37NO. The van der Waals surface area contributed by atoms with Crippen LogP contribution in [-0.2, 0) is 6.54 Å². The number of allylic oxidation sites excluding steroid dienone is 1. The van der Waals surface area contributed by atoms with Crippen LogP contribution in [0.5, 0.6) is 0 Å². The van der Waals surface area contributed by atoms with Crippen LogP contribution in [0.3, 0.4) is 0 Å². The Labute approximate surface area is 237 Å². The molecule has 4 atom stereocenters. The fourth-order valence-corrected chi connectivity index (χ4v) is 6.84. The minimum atomic E-state index is 0.0877. The van der Waals surface area contributed by atoms with Gasteiger partial charge in [-0.25, -0.2) is 0 Å². The fourth-order valence-electron chi connectivity index (χ4n) is 6.84. The van der Waals surface area contributed by atoms with E-state index in [9.17, 15) is 4.79 Å². The highest BCUT2D eigenvalue weighted by Gasteiger charge is 2.40. The van der Waals surface area contributed by atoms with E-state index in [-0.39, 0.29) is 5.78 Å². The van der Waals surface area contributed by atoms with Gasteiger partial charge in [-0.1, -0.05) is 91.4 Å². The van der Waals surface area contributed by atoms with Crippen molar-refractivity contribution in [3.63, 3.8) is 0 Å². The third-order valence-electron chi connectivity index (χ3n) is 9.25. The van der Waals surface area contributed by atoms with E-state index in [1.54, 1.807) is 0 Å². The summed E-state index contributed by atoms with van der Waals surface area (Å²) in [6, 6.07) is 31.8. The molecule has 2 saturated carbocycles. The second-order valence-corrected chi connectivity index (χ2v) is 12.4. The molecule has 0 aliphatic heterocycles. The van der Waals surface area contributed by atoms with Gasteiger partial charge in [-0.2, -0.15) is 0 Å². The summed E-state index contributed by atoms with van der Waals surface area (Å²) in [7, 11) is 0. The van der Waals surface area contributed by atoms with Gasteiger partial charge >= 0.3 is 0 Å². The normalized spacial score (nSPS) is 21.5. The molecule has 2 aliphatic rings. The second kappa shape index (κ2) is 10.2. The average Bonchev–Trinajstić information content (AvgIpc) is 3.90. The highest BCUT2D eigenvalue weighted by atomic mass is 16.1. The van der Waals surface area contributed by atoms with Crippen LogP contribution >= 0.6 is 0 Å². The molecule has 2 fully saturated rings. The molecule has 0 spiro atoms. The molecule has 0 saturated heterocycles. The highest BCUT2D eigenvalue weighted by molar-refractivity contribution is 6.10. The van der Waals surface area contributed by atoms with Crippen LogP contribution in [0.4, 0.5) is 0 Å². The minimum Gasteiger partial charge on any atom is -0.343 e. The van der Waals surface area contributed by atoms with Gasteiger partial charge in [0.05, 0.1) is 0 Å². The molecule has 200 valence electrons. The summed E-state index contributed by atoms with van der Waals surface area (Å²) >= 11 is 0. The lowest BCUT2D eigenvalue weighted by molar-refractivity contribution is 0.103. The number of hydrogen-bond donors (Lipinski definition) is 0. The zero-order valence-electron chi connectivity index (χ0n) is 23.4. The summed E-state index contributed by atoms with van der Waals surface area (Å²) < 4.78 is 2.34. The van der Waals surface area contributed by atoms with Gasteiger partial charge in [0.1, 0.15) is 0 Å². The number of nitrogens with zero attached hydrogens (tertiary/aromatic N) is 1. The number of hydrogen-bond acceptors (Lipinski definition) is 1. The molecule has 1 heterocycles. The molecule has 40 heavy (non-hydrogen) atoms. The molecule has 0 radical (unpaired) electrons. The number of carbonyl (C=O) groups is 1. The molecule has 5 aromatic rings. The maximum Gasteiger partial charge on any atom is 0.193 e. The first-order chi connectivity index (χ1) is 19.5. The van der Waals surface area contributed by atoms with Crippen molar-refractivity contribution in [1.29, 1.82) is 0 Å². The lowest BCUT2D eigenvalue weighted by atomic mass is 9.97. The standard InChI is InChI=1S/C38H37NO/c1-25(2)24-39-18-17-26-11-14-33(23-37(26)39)36-22-31(36)10-6-9-30-21-35(30)32-15-12-29-20-34(16-13-28(29)19-32)38(40)27-7-4-3-5-8-27/h3-5,7-8,11-20,23,30-31,35-36H,1,6,9-10,21-22,24H2,2H3. The number of aromatic nitrogens is 1. The summed E-state index contributed by atoms with van der Waals surface area (Å²) in [4.78, 5) is 12.9. The average molecular weight is 524 g/mol. The predicted molar refractivity (Wildman–Crippen MR) is 166 cm³/mol. The Bertz CT molecular complexity index is 1730. The molecule has 2 aliphatic carbocycles. The smallest absolute Gasteiger partial charge is 0.193 e. The second-order valence-electron chi connectivity index (χ2n) is 12.4. The highest BCUT2D eigenvalue weighted by Crippen LogP contribution is 2.54. The van der Waals surface area contributed by atoms with Crippen molar-refractivity contribution in [2.24, 2.45) is 11.8 Å². The van der Waals surface area contributed by atoms with Gasteiger partial charge in [0.25, 0.3) is 0 Å². The topological polar surface area (TPSA) is 22.0 Å². The number of ketones is 1. The zero-order valence-corrected chi connectivity index (χ0v) is 23.4. The summed E-state index contributed by atoms with van der Waals surface area (Å²) in [6.45, 7) is 7.09. The van der Waals surface area contributed by atoms with Gasteiger partial charge in [-0.3, -0.25) is 4.79 Å². The van der Waals surface area contributed by atoms with Crippen molar-refractivity contribution < 1.29 is 4.79 Å². The molecule has 1 aromatic heterocycles. The van der Waals surface area contributed by atoms with Crippen LogP contribution in [0.15, 0.2) is 109 Å². The summed E-state index contributed by atoms with van der Waals surface area (Å²) in [5.41, 5.74) is 7.03. The molecule has 0 amide bonds. The molecule has 7 rings (SSSR count). The minimum absolute atomic E-state index is 0.0877. The van der Waals surface area contributed by atoms with Gasteiger partial charge in [0.2, 0.25) is 0 Å². The van der Waals surface area contributed by atoms with Crippen molar-refractivity contribution in [3.05, 3.63) is 132 Å². The molecule has 0 bridgehead atoms.